The number of hydrogen-bond acceptors (Lipinski definition) is 5. The van der Waals surface area contributed by atoms with E-state index in [2.05, 4.69) is 5.32 Å². The molecule has 0 bridgehead atoms. The van der Waals surface area contributed by atoms with Gasteiger partial charge >= 0.3 is 0 Å². The standard InChI is InChI=1S/C15H13N3O3/c1-17-15-7-4-13(18(19)20)8-12(15)10-21-14-5-2-11(9-16)3-6-14/h2-8,17H,10H2,1H3. The lowest BCUT2D eigenvalue weighted by Gasteiger charge is -2.10. The van der Waals surface area contributed by atoms with Crippen LogP contribution in [0.4, 0.5) is 11.4 Å². The Bertz CT molecular complexity index is 690. The minimum atomic E-state index is -0.440. The largest absolute Gasteiger partial charge is 0.489 e. The molecule has 21 heavy (non-hydrogen) atoms. The van der Waals surface area contributed by atoms with Crippen LogP contribution in [0, 0.1) is 21.4 Å². The van der Waals surface area contributed by atoms with Crippen molar-refractivity contribution in [2.45, 2.75) is 6.61 Å². The van der Waals surface area contributed by atoms with Crippen molar-refractivity contribution >= 4 is 11.4 Å². The quantitative estimate of drug-likeness (QED) is 0.673. The van der Waals surface area contributed by atoms with Crippen LogP contribution in [0.2, 0.25) is 0 Å². The summed E-state index contributed by atoms with van der Waals surface area (Å²) < 4.78 is 5.60. The number of nitro benzene ring substituents is 1. The molecule has 0 saturated carbocycles. The molecule has 0 radical (unpaired) electrons. The summed E-state index contributed by atoms with van der Waals surface area (Å²) in [6.45, 7) is 0.198. The smallest absolute Gasteiger partial charge is 0.269 e. The van der Waals surface area contributed by atoms with Crippen LogP contribution in [0.3, 0.4) is 0 Å². The number of nitro groups is 1. The lowest BCUT2D eigenvalue weighted by atomic mass is 10.1. The number of nitrogens with one attached hydrogen (secondary N) is 1. The predicted molar refractivity (Wildman–Crippen MR) is 78.1 cm³/mol. The van der Waals surface area contributed by atoms with Gasteiger partial charge in [-0.15, -0.1) is 0 Å². The van der Waals surface area contributed by atoms with Crippen molar-refractivity contribution in [3.8, 4) is 11.8 Å². The molecule has 0 aliphatic heterocycles. The van der Waals surface area contributed by atoms with Crippen molar-refractivity contribution in [1.29, 1.82) is 5.26 Å². The molecule has 0 heterocycles. The van der Waals surface area contributed by atoms with E-state index in [0.29, 0.717) is 16.9 Å². The molecule has 6 heteroatoms. The third-order valence-corrected chi connectivity index (χ3v) is 2.95. The Morgan fingerprint density at radius 2 is 2.00 bits per heavy atom. The van der Waals surface area contributed by atoms with E-state index >= 15 is 0 Å². The van der Waals surface area contributed by atoms with E-state index in [9.17, 15) is 10.1 Å². The predicted octanol–water partition coefficient (Wildman–Crippen LogP) is 3.09. The lowest BCUT2D eigenvalue weighted by molar-refractivity contribution is -0.384. The molecule has 0 amide bonds. The Kier molecular flexibility index (Phi) is 4.36. The number of rotatable bonds is 5. The third-order valence-electron chi connectivity index (χ3n) is 2.95. The van der Waals surface area contributed by atoms with Crippen LogP contribution >= 0.6 is 0 Å². The normalized spacial score (nSPS) is 9.71. The second-order valence-electron chi connectivity index (χ2n) is 4.27. The molecular formula is C15H13N3O3. The van der Waals surface area contributed by atoms with Gasteiger partial charge in [-0.2, -0.15) is 5.26 Å². The molecule has 0 atom stereocenters. The van der Waals surface area contributed by atoms with Crippen molar-refractivity contribution in [3.05, 3.63) is 63.7 Å². The Labute approximate surface area is 121 Å². The van der Waals surface area contributed by atoms with Crippen molar-refractivity contribution in [2.75, 3.05) is 12.4 Å². The second kappa shape index (κ2) is 6.39. The van der Waals surface area contributed by atoms with E-state index in [-0.39, 0.29) is 12.3 Å². The average molecular weight is 283 g/mol. The van der Waals surface area contributed by atoms with Gasteiger partial charge in [-0.3, -0.25) is 10.1 Å². The van der Waals surface area contributed by atoms with Gasteiger partial charge < -0.3 is 10.1 Å². The highest BCUT2D eigenvalue weighted by atomic mass is 16.6. The molecule has 0 unspecified atom stereocenters. The molecule has 1 N–H and O–H groups in total. The first-order chi connectivity index (χ1) is 10.1. The molecule has 0 spiro atoms. The zero-order chi connectivity index (χ0) is 15.2. The summed E-state index contributed by atoms with van der Waals surface area (Å²) in [4.78, 5) is 10.4. The SMILES string of the molecule is CNc1ccc([N+](=O)[O-])cc1COc1ccc(C#N)cc1. The van der Waals surface area contributed by atoms with Gasteiger partial charge in [-0.05, 0) is 30.3 Å². The average Bonchev–Trinajstić information content (AvgIpc) is 2.53. The maximum absolute atomic E-state index is 10.8. The molecule has 106 valence electrons. The summed E-state index contributed by atoms with van der Waals surface area (Å²) in [5.41, 5.74) is 2.03. The highest BCUT2D eigenvalue weighted by Crippen LogP contribution is 2.23. The van der Waals surface area contributed by atoms with Crippen LogP contribution in [0.5, 0.6) is 5.75 Å². The van der Waals surface area contributed by atoms with Crippen molar-refractivity contribution in [3.63, 3.8) is 0 Å². The summed E-state index contributed by atoms with van der Waals surface area (Å²) >= 11 is 0. The van der Waals surface area contributed by atoms with E-state index in [0.717, 1.165) is 5.69 Å². The molecule has 0 fully saturated rings. The number of hydrogen-bond donors (Lipinski definition) is 1. The summed E-state index contributed by atoms with van der Waals surface area (Å²) in [5.74, 6) is 0.600. The van der Waals surface area contributed by atoms with Crippen molar-refractivity contribution in [2.24, 2.45) is 0 Å². The van der Waals surface area contributed by atoms with E-state index in [1.807, 2.05) is 6.07 Å². The van der Waals surface area contributed by atoms with Gasteiger partial charge in [0.15, 0.2) is 0 Å². The Hall–Kier alpha value is -3.07. The highest BCUT2D eigenvalue weighted by molar-refractivity contribution is 5.55. The molecule has 6 nitrogen and oxygen atoms in total. The maximum atomic E-state index is 10.8. The molecule has 2 aromatic rings. The Morgan fingerprint density at radius 3 is 2.57 bits per heavy atom. The topological polar surface area (TPSA) is 88.2 Å². The Morgan fingerprint density at radius 1 is 1.29 bits per heavy atom. The van der Waals surface area contributed by atoms with Crippen molar-refractivity contribution in [1.82, 2.24) is 0 Å². The summed E-state index contributed by atoms with van der Waals surface area (Å²) in [7, 11) is 1.74. The van der Waals surface area contributed by atoms with Crippen LogP contribution in [0.25, 0.3) is 0 Å². The van der Waals surface area contributed by atoms with Crippen LogP contribution in [-0.4, -0.2) is 12.0 Å². The number of anilines is 1. The zero-order valence-corrected chi connectivity index (χ0v) is 11.4. The number of non-ortho nitro benzene ring substituents is 1. The number of benzene rings is 2. The van der Waals surface area contributed by atoms with E-state index < -0.39 is 4.92 Å². The van der Waals surface area contributed by atoms with E-state index in [1.54, 1.807) is 37.4 Å². The summed E-state index contributed by atoms with van der Waals surface area (Å²) in [6, 6.07) is 13.3. The molecule has 0 saturated heterocycles. The van der Waals surface area contributed by atoms with Gasteiger partial charge in [-0.25, -0.2) is 0 Å². The lowest BCUT2D eigenvalue weighted by Crippen LogP contribution is -2.02. The summed E-state index contributed by atoms with van der Waals surface area (Å²) in [6.07, 6.45) is 0. The minimum Gasteiger partial charge on any atom is -0.489 e. The van der Waals surface area contributed by atoms with E-state index in [4.69, 9.17) is 10.00 Å². The van der Waals surface area contributed by atoms with Crippen LogP contribution < -0.4 is 10.1 Å². The molecular weight excluding hydrogens is 270 g/mol. The van der Waals surface area contributed by atoms with Gasteiger partial charge in [0.1, 0.15) is 12.4 Å². The maximum Gasteiger partial charge on any atom is 0.269 e. The van der Waals surface area contributed by atoms with Gasteiger partial charge in [0, 0.05) is 30.4 Å². The van der Waals surface area contributed by atoms with Gasteiger partial charge in [0.25, 0.3) is 5.69 Å². The monoisotopic (exact) mass is 283 g/mol. The highest BCUT2D eigenvalue weighted by Gasteiger charge is 2.10. The molecule has 2 aromatic carbocycles. The molecule has 0 aromatic heterocycles. The van der Waals surface area contributed by atoms with E-state index in [1.165, 1.54) is 12.1 Å². The first-order valence-corrected chi connectivity index (χ1v) is 6.22. The zero-order valence-electron chi connectivity index (χ0n) is 11.4. The van der Waals surface area contributed by atoms with Crippen LogP contribution in [0.15, 0.2) is 42.5 Å². The number of ether oxygens (including phenoxy) is 1. The fraction of sp³-hybridized carbons (Fsp3) is 0.133. The molecule has 2 rings (SSSR count). The van der Waals surface area contributed by atoms with Crippen LogP contribution in [-0.2, 0) is 6.61 Å². The molecule has 0 aliphatic carbocycles. The fourth-order valence-electron chi connectivity index (χ4n) is 1.84. The summed E-state index contributed by atoms with van der Waals surface area (Å²) in [5, 5.41) is 22.5. The van der Waals surface area contributed by atoms with Crippen molar-refractivity contribution < 1.29 is 9.66 Å². The van der Waals surface area contributed by atoms with Gasteiger partial charge in [0.05, 0.1) is 16.6 Å². The van der Waals surface area contributed by atoms with Gasteiger partial charge in [0.2, 0.25) is 0 Å². The molecule has 0 aliphatic rings. The Balaban J connectivity index is 2.16. The van der Waals surface area contributed by atoms with Crippen LogP contribution in [0.1, 0.15) is 11.1 Å². The first kappa shape index (κ1) is 14.3. The minimum absolute atomic E-state index is 0.0208. The number of nitrogens with zero attached hydrogens (tertiary/aromatic N) is 2. The second-order valence-corrected chi connectivity index (χ2v) is 4.27. The first-order valence-electron chi connectivity index (χ1n) is 6.22. The van der Waals surface area contributed by atoms with Gasteiger partial charge in [-0.1, -0.05) is 0 Å². The number of nitriles is 1. The third kappa shape index (κ3) is 3.48. The fourth-order valence-corrected chi connectivity index (χ4v) is 1.84.